The molecule has 1 heterocycles. The van der Waals surface area contributed by atoms with Crippen molar-refractivity contribution in [2.45, 2.75) is 56.5 Å². The summed E-state index contributed by atoms with van der Waals surface area (Å²) in [5.74, 6) is 2.36. The second kappa shape index (κ2) is 3.56. The second-order valence-electron chi connectivity index (χ2n) is 7.01. The number of hydrogen-bond donors (Lipinski definition) is 2. The minimum absolute atomic E-state index is 0.115. The summed E-state index contributed by atoms with van der Waals surface area (Å²) in [6.45, 7) is 0. The lowest BCUT2D eigenvalue weighted by atomic mass is 9.53. The predicted molar refractivity (Wildman–Crippen MR) is 65.6 cm³/mol. The van der Waals surface area contributed by atoms with E-state index in [2.05, 4.69) is 10.6 Å². The number of imide groups is 1. The van der Waals surface area contributed by atoms with E-state index in [1.165, 1.54) is 38.5 Å². The van der Waals surface area contributed by atoms with E-state index in [-0.39, 0.29) is 23.4 Å². The van der Waals surface area contributed by atoms with Gasteiger partial charge in [-0.3, -0.25) is 20.2 Å². The molecule has 2 N–H and O–H groups in total. The Morgan fingerprint density at radius 3 is 2.00 bits per heavy atom. The first-order valence-electron chi connectivity index (χ1n) is 7.23. The van der Waals surface area contributed by atoms with Crippen LogP contribution >= 0.6 is 0 Å². The first-order chi connectivity index (χ1) is 8.62. The zero-order valence-corrected chi connectivity index (χ0v) is 10.6. The molecule has 4 aliphatic carbocycles. The molecule has 4 heteroatoms. The van der Waals surface area contributed by atoms with Crippen molar-refractivity contribution in [2.24, 2.45) is 17.8 Å². The fourth-order valence-corrected chi connectivity index (χ4v) is 5.33. The summed E-state index contributed by atoms with van der Waals surface area (Å²) >= 11 is 0. The van der Waals surface area contributed by atoms with Gasteiger partial charge in [0.1, 0.15) is 0 Å². The van der Waals surface area contributed by atoms with Crippen LogP contribution in [0.25, 0.3) is 0 Å². The van der Waals surface area contributed by atoms with Crippen molar-refractivity contribution in [1.29, 1.82) is 0 Å². The average Bonchev–Trinajstić information content (AvgIpc) is 2.54. The van der Waals surface area contributed by atoms with E-state index in [0.29, 0.717) is 6.42 Å². The van der Waals surface area contributed by atoms with Gasteiger partial charge in [-0.15, -0.1) is 0 Å². The van der Waals surface area contributed by atoms with Gasteiger partial charge in [0.25, 0.3) is 0 Å². The minimum atomic E-state index is -0.270. The number of nitrogens with one attached hydrogen (secondary N) is 2. The lowest BCUT2D eigenvalue weighted by molar-refractivity contribution is -0.125. The van der Waals surface area contributed by atoms with Crippen molar-refractivity contribution >= 4 is 11.8 Å². The van der Waals surface area contributed by atoms with Gasteiger partial charge >= 0.3 is 0 Å². The van der Waals surface area contributed by atoms with E-state index in [0.717, 1.165) is 17.8 Å². The summed E-state index contributed by atoms with van der Waals surface area (Å²) in [7, 11) is 0. The Balaban J connectivity index is 1.54. The Hall–Kier alpha value is -0.900. The van der Waals surface area contributed by atoms with Gasteiger partial charge in [-0.1, -0.05) is 0 Å². The first kappa shape index (κ1) is 11.0. The molecule has 18 heavy (non-hydrogen) atoms. The van der Waals surface area contributed by atoms with Crippen molar-refractivity contribution < 1.29 is 9.59 Å². The number of amides is 2. The van der Waals surface area contributed by atoms with Gasteiger partial charge in [-0.25, -0.2) is 0 Å². The highest BCUT2D eigenvalue weighted by Crippen LogP contribution is 2.55. The molecule has 1 unspecified atom stereocenters. The van der Waals surface area contributed by atoms with Crippen molar-refractivity contribution in [3.63, 3.8) is 0 Å². The highest BCUT2D eigenvalue weighted by atomic mass is 16.2. The van der Waals surface area contributed by atoms with E-state index in [1.807, 2.05) is 0 Å². The molecular weight excluding hydrogens is 228 g/mol. The Morgan fingerprint density at radius 2 is 1.56 bits per heavy atom. The first-order valence-corrected chi connectivity index (χ1v) is 7.23. The molecule has 4 bridgehead atoms. The van der Waals surface area contributed by atoms with Crippen molar-refractivity contribution in [3.05, 3.63) is 0 Å². The monoisotopic (exact) mass is 248 g/mol. The molecule has 1 saturated heterocycles. The smallest absolute Gasteiger partial charge is 0.244 e. The second-order valence-corrected chi connectivity index (χ2v) is 7.01. The molecule has 0 aromatic carbocycles. The van der Waals surface area contributed by atoms with E-state index in [1.54, 1.807) is 0 Å². The standard InChI is InChI=1S/C14H20N2O2/c17-12-4-11(13(18)15-12)16-14-5-8-1-9(6-14)3-10(2-8)7-14/h8-11,16H,1-7H2,(H,15,17,18). The Morgan fingerprint density at radius 1 is 1.00 bits per heavy atom. The molecule has 0 aromatic heterocycles. The van der Waals surface area contributed by atoms with Crippen molar-refractivity contribution in [2.75, 3.05) is 0 Å². The lowest BCUT2D eigenvalue weighted by Gasteiger charge is -2.57. The third-order valence-electron chi connectivity index (χ3n) is 5.49. The number of carbonyl (C=O) groups is 2. The molecule has 5 rings (SSSR count). The summed E-state index contributed by atoms with van der Waals surface area (Å²) in [5, 5.41) is 5.98. The van der Waals surface area contributed by atoms with Crippen LogP contribution in [0.15, 0.2) is 0 Å². The van der Waals surface area contributed by atoms with E-state index in [9.17, 15) is 9.59 Å². The fourth-order valence-electron chi connectivity index (χ4n) is 5.33. The molecule has 1 aliphatic heterocycles. The molecule has 2 amide bonds. The van der Waals surface area contributed by atoms with E-state index < -0.39 is 0 Å². The maximum absolute atomic E-state index is 11.7. The molecule has 5 fully saturated rings. The minimum Gasteiger partial charge on any atom is -0.300 e. The van der Waals surface area contributed by atoms with Gasteiger partial charge in [0, 0.05) is 5.54 Å². The van der Waals surface area contributed by atoms with Crippen LogP contribution in [0.4, 0.5) is 0 Å². The molecule has 0 aromatic rings. The normalized spacial score (nSPS) is 49.8. The van der Waals surface area contributed by atoms with Gasteiger partial charge in [0.05, 0.1) is 12.5 Å². The largest absolute Gasteiger partial charge is 0.300 e. The molecule has 4 saturated carbocycles. The molecule has 1 atom stereocenters. The number of rotatable bonds is 2. The van der Waals surface area contributed by atoms with Crippen LogP contribution in [0.5, 0.6) is 0 Å². The van der Waals surface area contributed by atoms with E-state index in [4.69, 9.17) is 0 Å². The third-order valence-corrected chi connectivity index (χ3v) is 5.49. The van der Waals surface area contributed by atoms with Crippen LogP contribution < -0.4 is 10.6 Å². The van der Waals surface area contributed by atoms with Crippen LogP contribution in [0.3, 0.4) is 0 Å². The molecule has 0 spiro atoms. The molecule has 98 valence electrons. The summed E-state index contributed by atoms with van der Waals surface area (Å²) in [6, 6.07) is -0.270. The summed E-state index contributed by atoms with van der Waals surface area (Å²) in [6.07, 6.45) is 8.19. The van der Waals surface area contributed by atoms with Crippen LogP contribution in [-0.4, -0.2) is 23.4 Å². The van der Waals surface area contributed by atoms with E-state index >= 15 is 0 Å². The zero-order chi connectivity index (χ0) is 12.3. The summed E-state index contributed by atoms with van der Waals surface area (Å²) in [5.41, 5.74) is 0.168. The van der Waals surface area contributed by atoms with Crippen LogP contribution in [0.1, 0.15) is 44.9 Å². The number of carbonyl (C=O) groups excluding carboxylic acids is 2. The topological polar surface area (TPSA) is 58.2 Å². The summed E-state index contributed by atoms with van der Waals surface area (Å²) < 4.78 is 0. The zero-order valence-electron chi connectivity index (χ0n) is 10.6. The Labute approximate surface area is 107 Å². The van der Waals surface area contributed by atoms with Gasteiger partial charge < -0.3 is 0 Å². The highest BCUT2D eigenvalue weighted by molar-refractivity contribution is 6.05. The highest BCUT2D eigenvalue weighted by Gasteiger charge is 2.52. The molecule has 0 radical (unpaired) electrons. The van der Waals surface area contributed by atoms with Crippen LogP contribution in [-0.2, 0) is 9.59 Å². The Kier molecular flexibility index (Phi) is 2.17. The van der Waals surface area contributed by atoms with Gasteiger partial charge in [-0.05, 0) is 56.3 Å². The average molecular weight is 248 g/mol. The van der Waals surface area contributed by atoms with Crippen molar-refractivity contribution in [3.8, 4) is 0 Å². The van der Waals surface area contributed by atoms with Crippen LogP contribution in [0.2, 0.25) is 0 Å². The predicted octanol–water partition coefficient (Wildman–Crippen LogP) is 0.960. The van der Waals surface area contributed by atoms with Gasteiger partial charge in [-0.2, -0.15) is 0 Å². The molecule has 5 aliphatic rings. The molecular formula is C14H20N2O2. The SMILES string of the molecule is O=C1CC(NC23CC4CC(CC(C4)C2)C3)C(=O)N1. The van der Waals surface area contributed by atoms with Gasteiger partial charge in [0.2, 0.25) is 11.8 Å². The maximum Gasteiger partial charge on any atom is 0.244 e. The summed E-state index contributed by atoms with van der Waals surface area (Å²) in [4.78, 5) is 23.0. The van der Waals surface area contributed by atoms with Gasteiger partial charge in [0.15, 0.2) is 0 Å². The van der Waals surface area contributed by atoms with Crippen molar-refractivity contribution in [1.82, 2.24) is 10.6 Å². The lowest BCUT2D eigenvalue weighted by Crippen LogP contribution is -2.61. The third kappa shape index (κ3) is 1.62. The Bertz CT molecular complexity index is 383. The number of hydrogen-bond acceptors (Lipinski definition) is 3. The van der Waals surface area contributed by atoms with Crippen LogP contribution in [0, 0.1) is 17.8 Å². The molecule has 4 nitrogen and oxygen atoms in total. The fraction of sp³-hybridized carbons (Fsp3) is 0.857. The maximum atomic E-state index is 11.7. The quantitative estimate of drug-likeness (QED) is 0.716.